The predicted octanol–water partition coefficient (Wildman–Crippen LogP) is 3.82. The standard InChI is InChI=1S/C19H22N4S/c1-12-13(2)24-19-17(12)18(20-11-21-19)22-16-10-23(3)9-15(16)14-7-5-4-6-8-14/h4-8,11,15-16H,9-10H2,1-3H3,(H,20,21,22)/t15-,16+/m0/s1. The lowest BCUT2D eigenvalue weighted by molar-refractivity contribution is 0.409. The molecule has 24 heavy (non-hydrogen) atoms. The van der Waals surface area contributed by atoms with Crippen LogP contribution in [0.3, 0.4) is 0 Å². The van der Waals surface area contributed by atoms with Gasteiger partial charge in [-0.2, -0.15) is 0 Å². The fraction of sp³-hybridized carbons (Fsp3) is 0.368. The molecular formula is C19H22N4S. The lowest BCUT2D eigenvalue weighted by atomic mass is 9.94. The van der Waals surface area contributed by atoms with E-state index in [9.17, 15) is 0 Å². The van der Waals surface area contributed by atoms with E-state index in [0.29, 0.717) is 12.0 Å². The molecule has 0 radical (unpaired) electrons. The number of hydrogen-bond donors (Lipinski definition) is 1. The molecule has 1 aliphatic rings. The summed E-state index contributed by atoms with van der Waals surface area (Å²) >= 11 is 1.75. The number of rotatable bonds is 3. The molecule has 0 aliphatic carbocycles. The van der Waals surface area contributed by atoms with Crippen molar-refractivity contribution >= 4 is 27.4 Å². The molecule has 0 spiro atoms. The number of likely N-dealkylation sites (N-methyl/N-ethyl adjacent to an activating group) is 1. The third kappa shape index (κ3) is 2.68. The van der Waals surface area contributed by atoms with E-state index < -0.39 is 0 Å². The SMILES string of the molecule is Cc1sc2ncnc(N[C@@H]3CN(C)C[C@H]3c3ccccc3)c2c1C. The third-order valence-electron chi connectivity index (χ3n) is 5.02. The van der Waals surface area contributed by atoms with Crippen molar-refractivity contribution in [1.82, 2.24) is 14.9 Å². The van der Waals surface area contributed by atoms with Crippen LogP contribution in [0.2, 0.25) is 0 Å². The first-order valence-electron chi connectivity index (χ1n) is 8.34. The number of anilines is 1. The van der Waals surface area contributed by atoms with Gasteiger partial charge in [0.05, 0.1) is 5.39 Å². The number of aromatic nitrogens is 2. The average Bonchev–Trinajstić information content (AvgIpc) is 3.09. The monoisotopic (exact) mass is 338 g/mol. The van der Waals surface area contributed by atoms with E-state index in [1.54, 1.807) is 17.7 Å². The van der Waals surface area contributed by atoms with Crippen LogP contribution in [0.5, 0.6) is 0 Å². The molecule has 124 valence electrons. The average molecular weight is 338 g/mol. The lowest BCUT2D eigenvalue weighted by Crippen LogP contribution is -2.28. The molecular weight excluding hydrogens is 316 g/mol. The second-order valence-electron chi connectivity index (χ2n) is 6.67. The van der Waals surface area contributed by atoms with Gasteiger partial charge in [0.15, 0.2) is 0 Å². The molecule has 4 rings (SSSR count). The van der Waals surface area contributed by atoms with Gasteiger partial charge in [-0.3, -0.25) is 0 Å². The van der Waals surface area contributed by atoms with Crippen molar-refractivity contribution in [2.24, 2.45) is 0 Å². The van der Waals surface area contributed by atoms with Gasteiger partial charge in [-0.15, -0.1) is 11.3 Å². The number of benzene rings is 1. The van der Waals surface area contributed by atoms with E-state index in [1.807, 2.05) is 0 Å². The molecule has 5 heteroatoms. The van der Waals surface area contributed by atoms with Gasteiger partial charge in [-0.1, -0.05) is 30.3 Å². The van der Waals surface area contributed by atoms with Gasteiger partial charge in [0.25, 0.3) is 0 Å². The summed E-state index contributed by atoms with van der Waals surface area (Å²) in [4.78, 5) is 13.8. The number of nitrogens with one attached hydrogen (secondary N) is 1. The Morgan fingerprint density at radius 2 is 1.92 bits per heavy atom. The van der Waals surface area contributed by atoms with Crippen molar-refractivity contribution in [3.8, 4) is 0 Å². The van der Waals surface area contributed by atoms with Crippen molar-refractivity contribution in [2.75, 3.05) is 25.5 Å². The molecule has 4 nitrogen and oxygen atoms in total. The first-order chi connectivity index (χ1) is 11.6. The highest BCUT2D eigenvalue weighted by molar-refractivity contribution is 7.18. The van der Waals surface area contributed by atoms with Crippen LogP contribution in [0, 0.1) is 13.8 Å². The van der Waals surface area contributed by atoms with Crippen molar-refractivity contribution in [3.05, 3.63) is 52.7 Å². The number of hydrogen-bond acceptors (Lipinski definition) is 5. The number of fused-ring (bicyclic) bond motifs is 1. The molecule has 0 bridgehead atoms. The number of nitrogens with zero attached hydrogens (tertiary/aromatic N) is 3. The van der Waals surface area contributed by atoms with Crippen molar-refractivity contribution < 1.29 is 0 Å². The maximum absolute atomic E-state index is 4.56. The maximum Gasteiger partial charge on any atom is 0.138 e. The zero-order valence-electron chi connectivity index (χ0n) is 14.3. The number of aryl methyl sites for hydroxylation is 2. The Hall–Kier alpha value is -1.98. The highest BCUT2D eigenvalue weighted by Crippen LogP contribution is 2.35. The Morgan fingerprint density at radius 1 is 1.12 bits per heavy atom. The normalized spacial score (nSPS) is 21.5. The third-order valence-corrected chi connectivity index (χ3v) is 6.13. The maximum atomic E-state index is 4.56. The summed E-state index contributed by atoms with van der Waals surface area (Å²) in [6.07, 6.45) is 1.68. The summed E-state index contributed by atoms with van der Waals surface area (Å²) in [6.45, 7) is 6.41. The van der Waals surface area contributed by atoms with Crippen LogP contribution in [0.1, 0.15) is 21.9 Å². The van der Waals surface area contributed by atoms with Crippen LogP contribution >= 0.6 is 11.3 Å². The first-order valence-corrected chi connectivity index (χ1v) is 9.16. The zero-order chi connectivity index (χ0) is 16.7. The van der Waals surface area contributed by atoms with Gasteiger partial charge in [-0.25, -0.2) is 9.97 Å². The highest BCUT2D eigenvalue weighted by atomic mass is 32.1. The van der Waals surface area contributed by atoms with E-state index in [1.165, 1.54) is 21.4 Å². The number of thiophene rings is 1. The summed E-state index contributed by atoms with van der Waals surface area (Å²) < 4.78 is 0. The van der Waals surface area contributed by atoms with Gasteiger partial charge in [0.2, 0.25) is 0 Å². The summed E-state index contributed by atoms with van der Waals surface area (Å²) in [7, 11) is 2.19. The Morgan fingerprint density at radius 3 is 2.71 bits per heavy atom. The molecule has 1 fully saturated rings. The minimum Gasteiger partial charge on any atom is -0.365 e. The van der Waals surface area contributed by atoms with E-state index in [-0.39, 0.29) is 0 Å². The molecule has 2 aromatic heterocycles. The minimum atomic E-state index is 0.357. The van der Waals surface area contributed by atoms with Gasteiger partial charge in [0.1, 0.15) is 17.0 Å². The molecule has 0 unspecified atom stereocenters. The smallest absolute Gasteiger partial charge is 0.138 e. The highest BCUT2D eigenvalue weighted by Gasteiger charge is 2.32. The topological polar surface area (TPSA) is 41.1 Å². The van der Waals surface area contributed by atoms with Gasteiger partial charge >= 0.3 is 0 Å². The van der Waals surface area contributed by atoms with Crippen LogP contribution in [0.25, 0.3) is 10.2 Å². The number of likely N-dealkylation sites (tertiary alicyclic amines) is 1. The van der Waals surface area contributed by atoms with Crippen LogP contribution in [-0.4, -0.2) is 41.0 Å². The molecule has 0 amide bonds. The van der Waals surface area contributed by atoms with E-state index in [0.717, 1.165) is 23.7 Å². The Kier molecular flexibility index (Phi) is 3.98. The second kappa shape index (κ2) is 6.15. The van der Waals surface area contributed by atoms with Crippen molar-refractivity contribution in [1.29, 1.82) is 0 Å². The van der Waals surface area contributed by atoms with Crippen LogP contribution < -0.4 is 5.32 Å². The minimum absolute atomic E-state index is 0.357. The molecule has 2 atom stereocenters. The van der Waals surface area contributed by atoms with Crippen LogP contribution in [0.4, 0.5) is 5.82 Å². The zero-order valence-corrected chi connectivity index (χ0v) is 15.1. The van der Waals surface area contributed by atoms with Gasteiger partial charge in [-0.05, 0) is 32.0 Å². The second-order valence-corrected chi connectivity index (χ2v) is 7.88. The molecule has 0 saturated carbocycles. The molecule has 1 aliphatic heterocycles. The molecule has 3 aromatic rings. The first kappa shape index (κ1) is 15.5. The summed E-state index contributed by atoms with van der Waals surface area (Å²) in [6, 6.07) is 11.1. The van der Waals surface area contributed by atoms with Crippen LogP contribution in [0.15, 0.2) is 36.7 Å². The van der Waals surface area contributed by atoms with Crippen molar-refractivity contribution in [2.45, 2.75) is 25.8 Å². The Labute approximate surface area is 146 Å². The fourth-order valence-corrected chi connectivity index (χ4v) is 4.65. The quantitative estimate of drug-likeness (QED) is 0.788. The van der Waals surface area contributed by atoms with Crippen LogP contribution in [-0.2, 0) is 0 Å². The van der Waals surface area contributed by atoms with E-state index in [4.69, 9.17) is 0 Å². The Bertz CT molecular complexity index is 858. The van der Waals surface area contributed by atoms with Gasteiger partial charge in [0, 0.05) is 29.9 Å². The van der Waals surface area contributed by atoms with Gasteiger partial charge < -0.3 is 10.2 Å². The molecule has 1 aromatic carbocycles. The summed E-state index contributed by atoms with van der Waals surface area (Å²) in [5, 5.41) is 4.91. The predicted molar refractivity (Wildman–Crippen MR) is 101 cm³/mol. The van der Waals surface area contributed by atoms with E-state index in [2.05, 4.69) is 71.4 Å². The summed E-state index contributed by atoms with van der Waals surface area (Å²) in [5.41, 5.74) is 2.68. The molecule has 1 N–H and O–H groups in total. The van der Waals surface area contributed by atoms with Crippen molar-refractivity contribution in [3.63, 3.8) is 0 Å². The lowest BCUT2D eigenvalue weighted by Gasteiger charge is -2.21. The Balaban J connectivity index is 1.69. The fourth-order valence-electron chi connectivity index (χ4n) is 3.65. The van der Waals surface area contributed by atoms with E-state index >= 15 is 0 Å². The molecule has 3 heterocycles. The largest absolute Gasteiger partial charge is 0.365 e. The summed E-state index contributed by atoms with van der Waals surface area (Å²) in [5.74, 6) is 1.45. The molecule has 1 saturated heterocycles.